The lowest BCUT2D eigenvalue weighted by Crippen LogP contribution is -2.28. The van der Waals surface area contributed by atoms with Crippen LogP contribution >= 0.6 is 0 Å². The van der Waals surface area contributed by atoms with Crippen LogP contribution in [-0.2, 0) is 7.05 Å². The summed E-state index contributed by atoms with van der Waals surface area (Å²) in [7, 11) is 1.95. The average molecular weight is 347 g/mol. The molecule has 1 aliphatic heterocycles. The highest BCUT2D eigenvalue weighted by Gasteiger charge is 2.38. The number of nitrogens with zero attached hydrogens (tertiary/aromatic N) is 3. The molecule has 0 radical (unpaired) electrons. The second kappa shape index (κ2) is 7.44. The first-order valence-corrected chi connectivity index (χ1v) is 9.19. The topological polar surface area (TPSA) is 41.3 Å². The molecule has 1 N–H and O–H groups in total. The molecule has 1 fully saturated rings. The van der Waals surface area contributed by atoms with Crippen LogP contribution in [0.4, 0.5) is 0 Å². The number of aryl methyl sites for hydroxylation is 1. The van der Waals surface area contributed by atoms with E-state index >= 15 is 0 Å². The zero-order valence-corrected chi connectivity index (χ0v) is 15.1. The highest BCUT2D eigenvalue weighted by atomic mass is 16.3. The van der Waals surface area contributed by atoms with Gasteiger partial charge in [-0.1, -0.05) is 60.7 Å². The molecule has 0 amide bonds. The molecule has 4 heteroatoms. The van der Waals surface area contributed by atoms with Crippen LogP contribution in [0.1, 0.15) is 28.7 Å². The van der Waals surface area contributed by atoms with Crippen molar-refractivity contribution in [2.75, 3.05) is 19.7 Å². The van der Waals surface area contributed by atoms with Crippen LogP contribution in [0.25, 0.3) is 0 Å². The van der Waals surface area contributed by atoms with E-state index in [2.05, 4.69) is 76.9 Å². The first-order valence-electron chi connectivity index (χ1n) is 9.19. The Morgan fingerprint density at radius 2 is 1.62 bits per heavy atom. The number of rotatable bonds is 5. The molecule has 4 rings (SSSR count). The van der Waals surface area contributed by atoms with Crippen molar-refractivity contribution in [3.8, 4) is 0 Å². The van der Waals surface area contributed by atoms with Gasteiger partial charge in [-0.3, -0.25) is 9.58 Å². The van der Waals surface area contributed by atoms with Crippen molar-refractivity contribution in [2.45, 2.75) is 12.0 Å². The van der Waals surface area contributed by atoms with Crippen LogP contribution in [0.2, 0.25) is 0 Å². The van der Waals surface area contributed by atoms with E-state index < -0.39 is 0 Å². The second-order valence-electron chi connectivity index (χ2n) is 7.17. The Morgan fingerprint density at radius 3 is 2.12 bits per heavy atom. The van der Waals surface area contributed by atoms with Crippen molar-refractivity contribution < 1.29 is 5.11 Å². The first-order chi connectivity index (χ1) is 12.8. The SMILES string of the molecule is Cn1cc([C@@H]2CN(C(c3ccccc3)c3ccccc3)C[C@H]2CO)cn1. The molecule has 0 unspecified atom stereocenters. The summed E-state index contributed by atoms with van der Waals surface area (Å²) in [5, 5.41) is 14.3. The summed E-state index contributed by atoms with van der Waals surface area (Å²) in [6.07, 6.45) is 4.02. The zero-order chi connectivity index (χ0) is 17.9. The highest BCUT2D eigenvalue weighted by Crippen LogP contribution is 2.39. The molecule has 0 aliphatic carbocycles. The van der Waals surface area contributed by atoms with Crippen LogP contribution in [0.15, 0.2) is 73.1 Å². The zero-order valence-electron chi connectivity index (χ0n) is 15.1. The summed E-state index contributed by atoms with van der Waals surface area (Å²) in [4.78, 5) is 2.50. The van der Waals surface area contributed by atoms with Gasteiger partial charge in [-0.15, -0.1) is 0 Å². The molecule has 4 nitrogen and oxygen atoms in total. The molecular formula is C22H25N3O. The highest BCUT2D eigenvalue weighted by molar-refractivity contribution is 5.33. The Labute approximate surface area is 154 Å². The van der Waals surface area contributed by atoms with Gasteiger partial charge in [0, 0.05) is 44.8 Å². The number of likely N-dealkylation sites (tertiary alicyclic amines) is 1. The molecule has 2 atom stereocenters. The molecule has 0 bridgehead atoms. The summed E-state index contributed by atoms with van der Waals surface area (Å²) in [6, 6.07) is 21.5. The lowest BCUT2D eigenvalue weighted by Gasteiger charge is -2.29. The average Bonchev–Trinajstić information content (AvgIpc) is 3.30. The number of aromatic nitrogens is 2. The van der Waals surface area contributed by atoms with Crippen molar-refractivity contribution in [2.24, 2.45) is 13.0 Å². The lowest BCUT2D eigenvalue weighted by atomic mass is 9.92. The maximum atomic E-state index is 9.99. The van der Waals surface area contributed by atoms with Gasteiger partial charge in [-0.05, 0) is 16.7 Å². The Morgan fingerprint density at radius 1 is 1.00 bits per heavy atom. The Balaban J connectivity index is 1.68. The second-order valence-corrected chi connectivity index (χ2v) is 7.17. The van der Waals surface area contributed by atoms with E-state index in [-0.39, 0.29) is 18.6 Å². The van der Waals surface area contributed by atoms with E-state index in [1.165, 1.54) is 16.7 Å². The fourth-order valence-corrected chi connectivity index (χ4v) is 4.19. The minimum absolute atomic E-state index is 0.201. The fraction of sp³-hybridized carbons (Fsp3) is 0.318. The van der Waals surface area contributed by atoms with Crippen molar-refractivity contribution in [3.05, 3.63) is 89.7 Å². The molecule has 3 aromatic rings. The quantitative estimate of drug-likeness (QED) is 0.770. The van der Waals surface area contributed by atoms with E-state index in [0.29, 0.717) is 5.92 Å². The largest absolute Gasteiger partial charge is 0.396 e. The summed E-state index contributed by atoms with van der Waals surface area (Å²) in [5.74, 6) is 0.540. The van der Waals surface area contributed by atoms with Crippen molar-refractivity contribution in [1.29, 1.82) is 0 Å². The summed E-state index contributed by atoms with van der Waals surface area (Å²) >= 11 is 0. The standard InChI is InChI=1S/C22H25N3O/c1-24-13-19(12-23-24)21-15-25(14-20(21)16-26)22(17-8-4-2-5-9-17)18-10-6-3-7-11-18/h2-13,20-22,26H,14-16H2,1H3/t20-,21-/m0/s1. The van der Waals surface area contributed by atoms with Crippen molar-refractivity contribution in [1.82, 2.24) is 14.7 Å². The normalized spacial score (nSPS) is 20.7. The van der Waals surface area contributed by atoms with Gasteiger partial charge in [0.05, 0.1) is 12.2 Å². The molecule has 26 heavy (non-hydrogen) atoms. The molecular weight excluding hydrogens is 322 g/mol. The van der Waals surface area contributed by atoms with E-state index in [4.69, 9.17) is 0 Å². The predicted octanol–water partition coefficient (Wildman–Crippen LogP) is 3.22. The smallest absolute Gasteiger partial charge is 0.0602 e. The Hall–Kier alpha value is -2.43. The van der Waals surface area contributed by atoms with Crippen molar-refractivity contribution in [3.63, 3.8) is 0 Å². The van der Waals surface area contributed by atoms with Gasteiger partial charge in [0.25, 0.3) is 0 Å². The monoisotopic (exact) mass is 347 g/mol. The maximum absolute atomic E-state index is 9.99. The molecule has 1 aliphatic rings. The molecule has 0 spiro atoms. The van der Waals surface area contributed by atoms with Gasteiger partial charge in [0.1, 0.15) is 0 Å². The van der Waals surface area contributed by atoms with E-state index in [1.54, 1.807) is 0 Å². The minimum Gasteiger partial charge on any atom is -0.396 e. The van der Waals surface area contributed by atoms with E-state index in [9.17, 15) is 5.11 Å². The van der Waals surface area contributed by atoms with E-state index in [0.717, 1.165) is 13.1 Å². The number of aliphatic hydroxyl groups excluding tert-OH is 1. The Kier molecular flexibility index (Phi) is 4.87. The van der Waals surface area contributed by atoms with Crippen LogP contribution in [0.3, 0.4) is 0 Å². The third kappa shape index (κ3) is 3.30. The maximum Gasteiger partial charge on any atom is 0.0602 e. The molecule has 1 saturated heterocycles. The van der Waals surface area contributed by atoms with Gasteiger partial charge in [0.15, 0.2) is 0 Å². The van der Waals surface area contributed by atoms with Gasteiger partial charge in [-0.25, -0.2) is 0 Å². The van der Waals surface area contributed by atoms with Crippen LogP contribution < -0.4 is 0 Å². The number of benzene rings is 2. The van der Waals surface area contributed by atoms with Crippen LogP contribution in [0.5, 0.6) is 0 Å². The lowest BCUT2D eigenvalue weighted by molar-refractivity contribution is 0.206. The fourth-order valence-electron chi connectivity index (χ4n) is 4.19. The third-order valence-corrected chi connectivity index (χ3v) is 5.45. The minimum atomic E-state index is 0.201. The van der Waals surface area contributed by atoms with Gasteiger partial charge < -0.3 is 5.11 Å². The molecule has 2 heterocycles. The van der Waals surface area contributed by atoms with Gasteiger partial charge >= 0.3 is 0 Å². The number of aliphatic hydroxyl groups is 1. The van der Waals surface area contributed by atoms with Crippen molar-refractivity contribution >= 4 is 0 Å². The molecule has 2 aromatic carbocycles. The summed E-state index contributed by atoms with van der Waals surface area (Å²) in [5.41, 5.74) is 3.80. The van der Waals surface area contributed by atoms with Gasteiger partial charge in [-0.2, -0.15) is 5.10 Å². The number of hydrogen-bond acceptors (Lipinski definition) is 3. The van der Waals surface area contributed by atoms with Crippen LogP contribution in [-0.4, -0.2) is 39.5 Å². The summed E-state index contributed by atoms with van der Waals surface area (Å²) < 4.78 is 1.85. The number of hydrogen-bond donors (Lipinski definition) is 1. The first kappa shape index (κ1) is 17.0. The summed E-state index contributed by atoms with van der Waals surface area (Å²) in [6.45, 7) is 2.00. The predicted molar refractivity (Wildman–Crippen MR) is 103 cm³/mol. The van der Waals surface area contributed by atoms with Gasteiger partial charge in [0.2, 0.25) is 0 Å². The molecule has 1 aromatic heterocycles. The molecule has 134 valence electrons. The van der Waals surface area contributed by atoms with E-state index in [1.807, 2.05) is 17.9 Å². The van der Waals surface area contributed by atoms with Crippen LogP contribution in [0, 0.1) is 5.92 Å². The molecule has 0 saturated carbocycles. The Bertz CT molecular complexity index is 791. The third-order valence-electron chi connectivity index (χ3n) is 5.45.